The average Bonchev–Trinajstić information content (AvgIpc) is 2.82. The number of carbonyl (C=O) groups is 2. The van der Waals surface area contributed by atoms with Crippen LogP contribution < -0.4 is 5.32 Å². The van der Waals surface area contributed by atoms with Crippen molar-refractivity contribution in [1.29, 1.82) is 0 Å². The molecule has 0 spiro atoms. The molecule has 0 amide bonds. The van der Waals surface area contributed by atoms with Crippen LogP contribution in [0.15, 0.2) is 0 Å². The number of ether oxygens (including phenoxy) is 2. The molecule has 1 atom stereocenters. The van der Waals surface area contributed by atoms with Crippen molar-refractivity contribution in [3.63, 3.8) is 0 Å². The van der Waals surface area contributed by atoms with Crippen molar-refractivity contribution < 1.29 is 19.1 Å². The molecule has 104 valence electrons. The van der Waals surface area contributed by atoms with Gasteiger partial charge < -0.3 is 14.8 Å². The molecule has 0 aromatic heterocycles. The van der Waals surface area contributed by atoms with E-state index in [4.69, 9.17) is 9.47 Å². The van der Waals surface area contributed by atoms with Crippen molar-refractivity contribution >= 4 is 11.9 Å². The lowest BCUT2D eigenvalue weighted by Gasteiger charge is -2.26. The van der Waals surface area contributed by atoms with Crippen LogP contribution in [-0.4, -0.2) is 62.3 Å². The maximum atomic E-state index is 11.5. The fourth-order valence-electron chi connectivity index (χ4n) is 2.01. The zero-order valence-electron chi connectivity index (χ0n) is 11.1. The predicted molar refractivity (Wildman–Crippen MR) is 66.1 cm³/mol. The highest BCUT2D eigenvalue weighted by molar-refractivity contribution is 5.75. The summed E-state index contributed by atoms with van der Waals surface area (Å²) in [6, 6.07) is 0.193. The number of nitrogens with one attached hydrogen (secondary N) is 1. The van der Waals surface area contributed by atoms with Gasteiger partial charge in [-0.15, -0.1) is 0 Å². The normalized spacial score (nSPS) is 18.9. The van der Waals surface area contributed by atoms with Gasteiger partial charge in [-0.3, -0.25) is 14.5 Å². The highest BCUT2D eigenvalue weighted by Crippen LogP contribution is 2.08. The third-order valence-electron chi connectivity index (χ3n) is 2.83. The van der Waals surface area contributed by atoms with E-state index in [2.05, 4.69) is 5.32 Å². The first-order chi connectivity index (χ1) is 8.67. The summed E-state index contributed by atoms with van der Waals surface area (Å²) in [6.07, 6.45) is 0.929. The molecule has 1 saturated heterocycles. The number of nitrogens with zero attached hydrogens (tertiary/aromatic N) is 1. The minimum absolute atomic E-state index is 0.138. The summed E-state index contributed by atoms with van der Waals surface area (Å²) < 4.78 is 9.84. The van der Waals surface area contributed by atoms with Gasteiger partial charge in [-0.25, -0.2) is 0 Å². The zero-order chi connectivity index (χ0) is 13.4. The molecule has 1 N–H and O–H groups in total. The van der Waals surface area contributed by atoms with Gasteiger partial charge in [-0.2, -0.15) is 0 Å². The van der Waals surface area contributed by atoms with E-state index in [9.17, 15) is 9.59 Å². The fraction of sp³-hybridized carbons (Fsp3) is 0.833. The smallest absolute Gasteiger partial charge is 0.320 e. The first-order valence-electron chi connectivity index (χ1n) is 6.43. The molecule has 0 aromatic rings. The van der Waals surface area contributed by atoms with Crippen LogP contribution in [0.25, 0.3) is 0 Å². The van der Waals surface area contributed by atoms with E-state index >= 15 is 0 Å². The van der Waals surface area contributed by atoms with Crippen LogP contribution in [0.4, 0.5) is 0 Å². The van der Waals surface area contributed by atoms with Crippen LogP contribution in [-0.2, 0) is 19.1 Å². The second-order valence-corrected chi connectivity index (χ2v) is 4.16. The van der Waals surface area contributed by atoms with E-state index < -0.39 is 0 Å². The highest BCUT2D eigenvalue weighted by atomic mass is 16.5. The summed E-state index contributed by atoms with van der Waals surface area (Å²) in [4.78, 5) is 24.9. The first-order valence-corrected chi connectivity index (χ1v) is 6.43. The number of carbonyl (C=O) groups excluding carboxylic acids is 2. The van der Waals surface area contributed by atoms with Crippen molar-refractivity contribution in [1.82, 2.24) is 10.2 Å². The van der Waals surface area contributed by atoms with Crippen LogP contribution in [0.5, 0.6) is 0 Å². The molecule has 1 aliphatic rings. The summed E-state index contributed by atoms with van der Waals surface area (Å²) >= 11 is 0. The lowest BCUT2D eigenvalue weighted by atomic mass is 10.2. The third kappa shape index (κ3) is 5.01. The summed E-state index contributed by atoms with van der Waals surface area (Å²) in [7, 11) is 0. The van der Waals surface area contributed by atoms with Gasteiger partial charge in [-0.05, 0) is 26.8 Å². The summed E-state index contributed by atoms with van der Waals surface area (Å²) in [5, 5.41) is 3.22. The van der Waals surface area contributed by atoms with Crippen LogP contribution in [0, 0.1) is 0 Å². The number of hydrogen-bond donors (Lipinski definition) is 1. The van der Waals surface area contributed by atoms with Crippen molar-refractivity contribution in [2.45, 2.75) is 26.3 Å². The number of rotatable bonds is 7. The second kappa shape index (κ2) is 8.05. The largest absolute Gasteiger partial charge is 0.465 e. The highest BCUT2D eigenvalue weighted by Gasteiger charge is 2.26. The number of esters is 2. The minimum atomic E-state index is -0.298. The Hall–Kier alpha value is -1.14. The average molecular weight is 258 g/mol. The Morgan fingerprint density at radius 2 is 1.72 bits per heavy atom. The standard InChI is InChI=1S/C12H22N2O4/c1-3-17-11(15)8-14(9-12(16)18-4-2)10-5-6-13-7-10/h10,13H,3-9H2,1-2H3/t10-/m1/s1. The van der Waals surface area contributed by atoms with E-state index in [0.717, 1.165) is 19.5 Å². The van der Waals surface area contributed by atoms with Crippen molar-refractivity contribution in [3.05, 3.63) is 0 Å². The molecule has 18 heavy (non-hydrogen) atoms. The molecule has 0 aliphatic carbocycles. The molecule has 0 aromatic carbocycles. The fourth-order valence-corrected chi connectivity index (χ4v) is 2.01. The minimum Gasteiger partial charge on any atom is -0.465 e. The number of hydrogen-bond acceptors (Lipinski definition) is 6. The van der Waals surface area contributed by atoms with Gasteiger partial charge in [0.05, 0.1) is 26.3 Å². The van der Waals surface area contributed by atoms with E-state index in [1.54, 1.807) is 13.8 Å². The molecule has 0 unspecified atom stereocenters. The zero-order valence-corrected chi connectivity index (χ0v) is 11.1. The molecule has 0 bridgehead atoms. The maximum absolute atomic E-state index is 11.5. The molecular formula is C12H22N2O4. The van der Waals surface area contributed by atoms with Gasteiger partial charge in [-0.1, -0.05) is 0 Å². The van der Waals surface area contributed by atoms with Crippen LogP contribution >= 0.6 is 0 Å². The lowest BCUT2D eigenvalue weighted by molar-refractivity contribution is -0.149. The SMILES string of the molecule is CCOC(=O)CN(CC(=O)OCC)[C@@H]1CCNC1. The van der Waals surface area contributed by atoms with Crippen LogP contribution in [0.2, 0.25) is 0 Å². The summed E-state index contributed by atoms with van der Waals surface area (Å²) in [5.74, 6) is -0.595. The van der Waals surface area contributed by atoms with Gasteiger partial charge >= 0.3 is 11.9 Å². The molecule has 1 rings (SSSR count). The topological polar surface area (TPSA) is 67.9 Å². The third-order valence-corrected chi connectivity index (χ3v) is 2.83. The van der Waals surface area contributed by atoms with Gasteiger partial charge in [0, 0.05) is 12.6 Å². The maximum Gasteiger partial charge on any atom is 0.320 e. The van der Waals surface area contributed by atoms with Crippen LogP contribution in [0.3, 0.4) is 0 Å². The summed E-state index contributed by atoms with van der Waals surface area (Å²) in [5.41, 5.74) is 0. The quantitative estimate of drug-likeness (QED) is 0.637. The Bertz CT molecular complexity index is 257. The van der Waals surface area contributed by atoms with E-state index in [-0.39, 0.29) is 31.1 Å². The van der Waals surface area contributed by atoms with Crippen molar-refractivity contribution in [2.24, 2.45) is 0 Å². The predicted octanol–water partition coefficient (Wildman–Crippen LogP) is -0.223. The van der Waals surface area contributed by atoms with Crippen molar-refractivity contribution in [3.8, 4) is 0 Å². The van der Waals surface area contributed by atoms with Gasteiger partial charge in [0.2, 0.25) is 0 Å². The van der Waals surface area contributed by atoms with E-state index in [1.165, 1.54) is 0 Å². The molecule has 0 radical (unpaired) electrons. The Morgan fingerprint density at radius 1 is 1.17 bits per heavy atom. The Morgan fingerprint density at radius 3 is 2.11 bits per heavy atom. The Kier molecular flexibility index (Phi) is 6.67. The molecule has 6 heteroatoms. The first kappa shape index (κ1) is 14.9. The molecular weight excluding hydrogens is 236 g/mol. The second-order valence-electron chi connectivity index (χ2n) is 4.16. The Labute approximate surface area is 108 Å². The molecule has 6 nitrogen and oxygen atoms in total. The van der Waals surface area contributed by atoms with E-state index in [0.29, 0.717) is 13.2 Å². The van der Waals surface area contributed by atoms with Crippen LogP contribution in [0.1, 0.15) is 20.3 Å². The molecule has 1 fully saturated rings. The summed E-state index contributed by atoms with van der Waals surface area (Å²) in [6.45, 7) is 6.23. The molecule has 1 heterocycles. The Balaban J connectivity index is 2.51. The molecule has 1 aliphatic heterocycles. The van der Waals surface area contributed by atoms with Gasteiger partial charge in [0.25, 0.3) is 0 Å². The molecule has 0 saturated carbocycles. The monoisotopic (exact) mass is 258 g/mol. The van der Waals surface area contributed by atoms with Crippen molar-refractivity contribution in [2.75, 3.05) is 39.4 Å². The van der Waals surface area contributed by atoms with Gasteiger partial charge in [0.1, 0.15) is 0 Å². The lowest BCUT2D eigenvalue weighted by Crippen LogP contribution is -2.44. The van der Waals surface area contributed by atoms with E-state index in [1.807, 2.05) is 4.90 Å². The van der Waals surface area contributed by atoms with Gasteiger partial charge in [0.15, 0.2) is 0 Å².